The number of ether oxygens (including phenoxy) is 1. The summed E-state index contributed by atoms with van der Waals surface area (Å²) in [6.07, 6.45) is 0. The van der Waals surface area contributed by atoms with Gasteiger partial charge >= 0.3 is 0 Å². The molecule has 0 saturated carbocycles. The molecule has 1 N–H and O–H groups in total. The molecule has 0 aliphatic rings. The molecule has 0 aliphatic heterocycles. The summed E-state index contributed by atoms with van der Waals surface area (Å²) in [7, 11) is 1.43. The molecule has 0 spiro atoms. The number of hydrogen-bond donors (Lipinski definition) is 1. The van der Waals surface area contributed by atoms with Gasteiger partial charge in [-0.3, -0.25) is 4.79 Å². The second-order valence-electron chi connectivity index (χ2n) is 4.97. The van der Waals surface area contributed by atoms with Crippen LogP contribution in [0.15, 0.2) is 40.9 Å². The van der Waals surface area contributed by atoms with E-state index in [1.54, 1.807) is 12.1 Å². The fraction of sp³-hybridized carbons (Fsp3) is 0.235. The summed E-state index contributed by atoms with van der Waals surface area (Å²) in [6.45, 7) is 1.94. The number of rotatable bonds is 6. The Bertz CT molecular complexity index is 709. The number of benzene rings is 2. The minimum Gasteiger partial charge on any atom is -0.494 e. The molecule has 0 heterocycles. The molecular formula is C17H17BrFNO2S. The molecular weight excluding hydrogens is 381 g/mol. The molecule has 2 aromatic rings. The zero-order valence-electron chi connectivity index (χ0n) is 12.9. The highest BCUT2D eigenvalue weighted by Crippen LogP contribution is 2.22. The van der Waals surface area contributed by atoms with Crippen LogP contribution in [0.2, 0.25) is 0 Å². The molecule has 0 aromatic heterocycles. The molecule has 23 heavy (non-hydrogen) atoms. The maximum Gasteiger partial charge on any atom is 0.234 e. The molecule has 0 bridgehead atoms. The summed E-state index contributed by atoms with van der Waals surface area (Å²) in [4.78, 5) is 12.0. The van der Waals surface area contributed by atoms with Gasteiger partial charge in [-0.05, 0) is 48.4 Å². The zero-order valence-corrected chi connectivity index (χ0v) is 15.3. The van der Waals surface area contributed by atoms with Gasteiger partial charge < -0.3 is 10.1 Å². The van der Waals surface area contributed by atoms with Crippen molar-refractivity contribution in [2.45, 2.75) is 12.7 Å². The molecule has 2 rings (SSSR count). The number of anilines is 1. The maximum atomic E-state index is 13.6. The Hall–Kier alpha value is -1.53. The lowest BCUT2D eigenvalue weighted by Crippen LogP contribution is -2.15. The Morgan fingerprint density at radius 3 is 2.74 bits per heavy atom. The average Bonchev–Trinajstić information content (AvgIpc) is 2.50. The molecule has 122 valence electrons. The van der Waals surface area contributed by atoms with Gasteiger partial charge in [0.25, 0.3) is 0 Å². The number of thioether (sulfide) groups is 1. The highest BCUT2D eigenvalue weighted by Gasteiger charge is 2.07. The van der Waals surface area contributed by atoms with Gasteiger partial charge in [0.05, 0.1) is 12.9 Å². The van der Waals surface area contributed by atoms with Crippen molar-refractivity contribution in [1.82, 2.24) is 0 Å². The first-order valence-electron chi connectivity index (χ1n) is 6.95. The first-order valence-corrected chi connectivity index (χ1v) is 8.90. The first-order chi connectivity index (χ1) is 11.0. The minimum atomic E-state index is -0.388. The summed E-state index contributed by atoms with van der Waals surface area (Å²) in [6, 6.07) is 10.5. The number of carbonyl (C=O) groups excluding carboxylic acids is 1. The lowest BCUT2D eigenvalue weighted by Gasteiger charge is -2.09. The van der Waals surface area contributed by atoms with Gasteiger partial charge in [-0.2, -0.15) is 0 Å². The quantitative estimate of drug-likeness (QED) is 0.762. The van der Waals surface area contributed by atoms with Crippen LogP contribution in [0.5, 0.6) is 5.75 Å². The van der Waals surface area contributed by atoms with E-state index in [0.29, 0.717) is 11.5 Å². The van der Waals surface area contributed by atoms with Crippen molar-refractivity contribution in [3.63, 3.8) is 0 Å². The Balaban J connectivity index is 1.84. The summed E-state index contributed by atoms with van der Waals surface area (Å²) in [5.41, 5.74) is 2.62. The summed E-state index contributed by atoms with van der Waals surface area (Å²) >= 11 is 4.83. The number of carbonyl (C=O) groups is 1. The maximum absolute atomic E-state index is 13.6. The minimum absolute atomic E-state index is 0.0746. The summed E-state index contributed by atoms with van der Waals surface area (Å²) < 4.78 is 19.4. The number of methoxy groups -OCH3 is 1. The molecule has 0 radical (unpaired) electrons. The van der Waals surface area contributed by atoms with Gasteiger partial charge in [0.1, 0.15) is 0 Å². The third-order valence-electron chi connectivity index (χ3n) is 3.18. The standard InChI is InChI=1S/C17H17BrFNO2S/c1-11-7-13(18)4-5-15(11)20-17(21)10-23-9-12-3-6-16(22-2)14(19)8-12/h3-8H,9-10H2,1-2H3,(H,20,21). The van der Waals surface area contributed by atoms with E-state index < -0.39 is 0 Å². The third kappa shape index (κ3) is 5.25. The van der Waals surface area contributed by atoms with E-state index in [4.69, 9.17) is 4.74 Å². The van der Waals surface area contributed by atoms with Crippen LogP contribution < -0.4 is 10.1 Å². The van der Waals surface area contributed by atoms with Crippen molar-refractivity contribution in [2.75, 3.05) is 18.2 Å². The number of halogens is 2. The lowest BCUT2D eigenvalue weighted by atomic mass is 10.2. The van der Waals surface area contributed by atoms with E-state index in [1.165, 1.54) is 24.9 Å². The largest absolute Gasteiger partial charge is 0.494 e. The highest BCUT2D eigenvalue weighted by molar-refractivity contribution is 9.10. The predicted molar refractivity (Wildman–Crippen MR) is 96.6 cm³/mol. The van der Waals surface area contributed by atoms with Crippen molar-refractivity contribution in [1.29, 1.82) is 0 Å². The van der Waals surface area contributed by atoms with Crippen LogP contribution in [-0.4, -0.2) is 18.8 Å². The van der Waals surface area contributed by atoms with Gasteiger partial charge in [0.15, 0.2) is 11.6 Å². The molecule has 0 fully saturated rings. The fourth-order valence-electron chi connectivity index (χ4n) is 2.01. The van der Waals surface area contributed by atoms with Gasteiger partial charge in [0, 0.05) is 15.9 Å². The highest BCUT2D eigenvalue weighted by atomic mass is 79.9. The Labute approximate surface area is 147 Å². The second-order valence-corrected chi connectivity index (χ2v) is 6.87. The predicted octanol–water partition coefficient (Wildman–Crippen LogP) is 4.78. The van der Waals surface area contributed by atoms with Crippen molar-refractivity contribution < 1.29 is 13.9 Å². The molecule has 1 amide bonds. The fourth-order valence-corrected chi connectivity index (χ4v) is 3.27. The van der Waals surface area contributed by atoms with Crippen molar-refractivity contribution in [2.24, 2.45) is 0 Å². The normalized spacial score (nSPS) is 10.4. The van der Waals surface area contributed by atoms with Gasteiger partial charge in [-0.25, -0.2) is 4.39 Å². The summed E-state index contributed by atoms with van der Waals surface area (Å²) in [5.74, 6) is 0.633. The molecule has 0 saturated heterocycles. The summed E-state index contributed by atoms with van der Waals surface area (Å²) in [5, 5.41) is 2.88. The SMILES string of the molecule is COc1ccc(CSCC(=O)Nc2ccc(Br)cc2C)cc1F. The van der Waals surface area contributed by atoms with Crippen LogP contribution in [0.3, 0.4) is 0 Å². The van der Waals surface area contributed by atoms with Crippen LogP contribution in [-0.2, 0) is 10.5 Å². The van der Waals surface area contributed by atoms with Crippen molar-refractivity contribution in [3.05, 3.63) is 57.8 Å². The number of nitrogens with one attached hydrogen (secondary N) is 1. The number of hydrogen-bond acceptors (Lipinski definition) is 3. The van der Waals surface area contributed by atoms with Crippen LogP contribution in [0.25, 0.3) is 0 Å². The zero-order chi connectivity index (χ0) is 16.8. The Kier molecular flexibility index (Phi) is 6.47. The van der Waals surface area contributed by atoms with Crippen LogP contribution >= 0.6 is 27.7 Å². The third-order valence-corrected chi connectivity index (χ3v) is 4.68. The average molecular weight is 398 g/mol. The molecule has 0 aliphatic carbocycles. The van der Waals surface area contributed by atoms with E-state index >= 15 is 0 Å². The van der Waals surface area contributed by atoms with Crippen LogP contribution in [0.4, 0.5) is 10.1 Å². The van der Waals surface area contributed by atoms with E-state index in [2.05, 4.69) is 21.2 Å². The van der Waals surface area contributed by atoms with Crippen LogP contribution in [0, 0.1) is 12.7 Å². The number of amides is 1. The van der Waals surface area contributed by atoms with E-state index in [1.807, 2.05) is 25.1 Å². The van der Waals surface area contributed by atoms with Gasteiger partial charge in [0.2, 0.25) is 5.91 Å². The van der Waals surface area contributed by atoms with E-state index in [0.717, 1.165) is 21.3 Å². The molecule has 2 aromatic carbocycles. The smallest absolute Gasteiger partial charge is 0.234 e. The van der Waals surface area contributed by atoms with Gasteiger partial charge in [-0.1, -0.05) is 22.0 Å². The van der Waals surface area contributed by atoms with Gasteiger partial charge in [-0.15, -0.1) is 11.8 Å². The molecule has 6 heteroatoms. The van der Waals surface area contributed by atoms with E-state index in [-0.39, 0.29) is 17.5 Å². The molecule has 0 atom stereocenters. The topological polar surface area (TPSA) is 38.3 Å². The molecule has 0 unspecified atom stereocenters. The van der Waals surface area contributed by atoms with Crippen molar-refractivity contribution >= 4 is 39.3 Å². The second kappa shape index (κ2) is 8.36. The lowest BCUT2D eigenvalue weighted by molar-refractivity contribution is -0.113. The molecule has 3 nitrogen and oxygen atoms in total. The Morgan fingerprint density at radius 1 is 1.30 bits per heavy atom. The monoisotopic (exact) mass is 397 g/mol. The van der Waals surface area contributed by atoms with E-state index in [9.17, 15) is 9.18 Å². The number of aryl methyl sites for hydroxylation is 1. The first kappa shape index (κ1) is 17.8. The van der Waals surface area contributed by atoms with Crippen molar-refractivity contribution in [3.8, 4) is 5.75 Å². The van der Waals surface area contributed by atoms with Crippen LogP contribution in [0.1, 0.15) is 11.1 Å². The Morgan fingerprint density at radius 2 is 2.09 bits per heavy atom.